The van der Waals surface area contributed by atoms with Crippen LogP contribution in [0.15, 0.2) is 36.5 Å². The topological polar surface area (TPSA) is 36.4 Å². The number of thiazole rings is 1. The van der Waals surface area contributed by atoms with E-state index in [1.165, 1.54) is 18.4 Å². The van der Waals surface area contributed by atoms with Gasteiger partial charge >= 0.3 is 0 Å². The molecule has 0 spiro atoms. The largest absolute Gasteiger partial charge is 0.337 e. The Morgan fingerprint density at radius 3 is 2.69 bits per heavy atom. The number of amides is 1. The Labute approximate surface area is 159 Å². The molecule has 2 aliphatic heterocycles. The molecule has 4 rings (SSSR count). The third-order valence-electron chi connectivity index (χ3n) is 5.78. The van der Waals surface area contributed by atoms with E-state index in [0.717, 1.165) is 55.5 Å². The smallest absolute Gasteiger partial charge is 0.265 e. The molecule has 0 radical (unpaired) electrons. The third-order valence-corrected chi connectivity index (χ3v) is 6.75. The normalized spacial score (nSPS) is 24.1. The van der Waals surface area contributed by atoms with Crippen LogP contribution < -0.4 is 0 Å². The standard InChI is InChI=1S/C21H27N3OS/c1-21(17-8-3-2-4-9-17)10-7-13-24(16-21)20(25)18-14-22-19(26-18)15-23-11-5-6-12-23/h2-4,8-9,14H,5-7,10-13,15-16H2,1H3/t21-/m0/s1. The van der Waals surface area contributed by atoms with Crippen molar-refractivity contribution in [1.29, 1.82) is 0 Å². The fraction of sp³-hybridized carbons (Fsp3) is 0.524. The molecule has 0 N–H and O–H groups in total. The molecule has 5 heteroatoms. The maximum atomic E-state index is 13.1. The SMILES string of the molecule is C[C@]1(c2ccccc2)CCCN(C(=O)c2cnc(CN3CCCC3)s2)C1. The summed E-state index contributed by atoms with van der Waals surface area (Å²) in [6.07, 6.45) is 6.53. The molecule has 1 aromatic heterocycles. The molecule has 2 saturated heterocycles. The summed E-state index contributed by atoms with van der Waals surface area (Å²) < 4.78 is 0. The molecule has 2 aliphatic rings. The lowest BCUT2D eigenvalue weighted by atomic mass is 9.76. The highest BCUT2D eigenvalue weighted by Gasteiger charge is 2.35. The van der Waals surface area contributed by atoms with Crippen LogP contribution in [0.2, 0.25) is 0 Å². The van der Waals surface area contributed by atoms with Gasteiger partial charge in [-0.15, -0.1) is 11.3 Å². The lowest BCUT2D eigenvalue weighted by Gasteiger charge is -2.40. The maximum absolute atomic E-state index is 13.1. The van der Waals surface area contributed by atoms with Gasteiger partial charge in [0.15, 0.2) is 0 Å². The van der Waals surface area contributed by atoms with Crippen LogP contribution in [-0.4, -0.2) is 46.9 Å². The van der Waals surface area contributed by atoms with Crippen LogP contribution in [0.25, 0.3) is 0 Å². The van der Waals surface area contributed by atoms with E-state index in [2.05, 4.69) is 47.1 Å². The zero-order chi connectivity index (χ0) is 18.0. The zero-order valence-corrected chi connectivity index (χ0v) is 16.3. The van der Waals surface area contributed by atoms with E-state index in [0.29, 0.717) is 0 Å². The summed E-state index contributed by atoms with van der Waals surface area (Å²) in [6, 6.07) is 10.6. The van der Waals surface area contributed by atoms with E-state index in [9.17, 15) is 4.79 Å². The number of benzene rings is 1. The van der Waals surface area contributed by atoms with Crippen LogP contribution in [0, 0.1) is 0 Å². The number of hydrogen-bond donors (Lipinski definition) is 0. The van der Waals surface area contributed by atoms with Crippen molar-refractivity contribution in [2.24, 2.45) is 0 Å². The van der Waals surface area contributed by atoms with Gasteiger partial charge in [0, 0.05) is 18.5 Å². The van der Waals surface area contributed by atoms with E-state index in [1.54, 1.807) is 17.5 Å². The van der Waals surface area contributed by atoms with E-state index in [-0.39, 0.29) is 11.3 Å². The van der Waals surface area contributed by atoms with Gasteiger partial charge in [-0.25, -0.2) is 4.98 Å². The van der Waals surface area contributed by atoms with Gasteiger partial charge in [0.05, 0.1) is 12.7 Å². The molecule has 138 valence electrons. The summed E-state index contributed by atoms with van der Waals surface area (Å²) in [5.41, 5.74) is 1.37. The number of carbonyl (C=O) groups excluding carboxylic acids is 1. The second kappa shape index (κ2) is 7.49. The molecule has 2 aromatic rings. The van der Waals surface area contributed by atoms with Crippen molar-refractivity contribution in [1.82, 2.24) is 14.8 Å². The molecule has 0 saturated carbocycles. The van der Waals surface area contributed by atoms with Crippen molar-refractivity contribution < 1.29 is 4.79 Å². The first kappa shape index (κ1) is 17.7. The van der Waals surface area contributed by atoms with Gasteiger partial charge in [0.25, 0.3) is 5.91 Å². The average molecular weight is 370 g/mol. The Bertz CT molecular complexity index is 754. The molecule has 4 nitrogen and oxygen atoms in total. The van der Waals surface area contributed by atoms with Crippen LogP contribution in [0.3, 0.4) is 0 Å². The molecule has 1 atom stereocenters. The van der Waals surface area contributed by atoms with Gasteiger partial charge in [0.1, 0.15) is 9.88 Å². The summed E-state index contributed by atoms with van der Waals surface area (Å²) in [5.74, 6) is 0.150. The Balaban J connectivity index is 1.45. The van der Waals surface area contributed by atoms with E-state index in [1.807, 2.05) is 4.90 Å². The van der Waals surface area contributed by atoms with Gasteiger partial charge in [-0.1, -0.05) is 37.3 Å². The lowest BCUT2D eigenvalue weighted by Crippen LogP contribution is -2.46. The number of rotatable bonds is 4. The van der Waals surface area contributed by atoms with Crippen LogP contribution in [0.1, 0.15) is 52.8 Å². The first-order valence-corrected chi connectivity index (χ1v) is 10.5. The Hall–Kier alpha value is -1.72. The van der Waals surface area contributed by atoms with Gasteiger partial charge in [-0.05, 0) is 44.3 Å². The highest BCUT2D eigenvalue weighted by atomic mass is 32.1. The highest BCUT2D eigenvalue weighted by molar-refractivity contribution is 7.13. The van der Waals surface area contributed by atoms with E-state index >= 15 is 0 Å². The Morgan fingerprint density at radius 1 is 1.15 bits per heavy atom. The maximum Gasteiger partial charge on any atom is 0.265 e. The number of aromatic nitrogens is 1. The number of hydrogen-bond acceptors (Lipinski definition) is 4. The summed E-state index contributed by atoms with van der Waals surface area (Å²) in [4.78, 5) is 22.8. The van der Waals surface area contributed by atoms with Gasteiger partial charge in [-0.3, -0.25) is 9.69 Å². The monoisotopic (exact) mass is 369 g/mol. The summed E-state index contributed by atoms with van der Waals surface area (Å²) >= 11 is 1.57. The fourth-order valence-electron chi connectivity index (χ4n) is 4.26. The first-order chi connectivity index (χ1) is 12.6. The lowest BCUT2D eigenvalue weighted by molar-refractivity contribution is 0.0655. The summed E-state index contributed by atoms with van der Waals surface area (Å²) in [5, 5.41) is 1.07. The molecule has 0 bridgehead atoms. The van der Waals surface area contributed by atoms with Crippen molar-refractivity contribution >= 4 is 17.2 Å². The molecule has 1 amide bonds. The second-order valence-electron chi connectivity index (χ2n) is 7.86. The molecule has 0 unspecified atom stereocenters. The number of likely N-dealkylation sites (tertiary alicyclic amines) is 2. The molecule has 2 fully saturated rings. The van der Waals surface area contributed by atoms with Gasteiger partial charge in [0.2, 0.25) is 0 Å². The first-order valence-electron chi connectivity index (χ1n) is 9.66. The number of piperidine rings is 1. The zero-order valence-electron chi connectivity index (χ0n) is 15.5. The Morgan fingerprint density at radius 2 is 1.92 bits per heavy atom. The second-order valence-corrected chi connectivity index (χ2v) is 8.97. The van der Waals surface area contributed by atoms with Crippen molar-refractivity contribution in [2.45, 2.75) is 44.6 Å². The van der Waals surface area contributed by atoms with Crippen LogP contribution >= 0.6 is 11.3 Å². The number of carbonyl (C=O) groups is 1. The van der Waals surface area contributed by atoms with Crippen molar-refractivity contribution in [3.05, 3.63) is 52.0 Å². The third kappa shape index (κ3) is 3.69. The summed E-state index contributed by atoms with van der Waals surface area (Å²) in [7, 11) is 0. The van der Waals surface area contributed by atoms with Gasteiger partial charge < -0.3 is 4.90 Å². The van der Waals surface area contributed by atoms with Crippen molar-refractivity contribution in [3.63, 3.8) is 0 Å². The predicted molar refractivity (Wildman–Crippen MR) is 106 cm³/mol. The molecule has 3 heterocycles. The molecule has 1 aromatic carbocycles. The van der Waals surface area contributed by atoms with Crippen molar-refractivity contribution in [2.75, 3.05) is 26.2 Å². The van der Waals surface area contributed by atoms with Crippen LogP contribution in [0.4, 0.5) is 0 Å². The number of nitrogens with zero attached hydrogens (tertiary/aromatic N) is 3. The van der Waals surface area contributed by atoms with E-state index < -0.39 is 0 Å². The Kier molecular flexibility index (Phi) is 5.09. The molecular formula is C21H27N3OS. The van der Waals surface area contributed by atoms with Crippen molar-refractivity contribution in [3.8, 4) is 0 Å². The minimum Gasteiger partial charge on any atom is -0.337 e. The van der Waals surface area contributed by atoms with E-state index in [4.69, 9.17) is 0 Å². The molecular weight excluding hydrogens is 342 g/mol. The molecule has 0 aliphatic carbocycles. The fourth-order valence-corrected chi connectivity index (χ4v) is 5.19. The molecule has 26 heavy (non-hydrogen) atoms. The quantitative estimate of drug-likeness (QED) is 0.819. The predicted octanol–water partition coefficient (Wildman–Crippen LogP) is 3.93. The minimum absolute atomic E-state index is 0.0399. The van der Waals surface area contributed by atoms with Crippen LogP contribution in [0.5, 0.6) is 0 Å². The minimum atomic E-state index is 0.0399. The van der Waals surface area contributed by atoms with Gasteiger partial charge in [-0.2, -0.15) is 0 Å². The highest BCUT2D eigenvalue weighted by Crippen LogP contribution is 2.34. The van der Waals surface area contributed by atoms with Crippen LogP contribution in [-0.2, 0) is 12.0 Å². The average Bonchev–Trinajstić information content (AvgIpc) is 3.34. The summed E-state index contributed by atoms with van der Waals surface area (Å²) in [6.45, 7) is 7.12.